The number of nitrogens with zero attached hydrogens (tertiary/aromatic N) is 2. The third-order valence-electron chi connectivity index (χ3n) is 4.53. The highest BCUT2D eigenvalue weighted by Crippen LogP contribution is 2.38. The molecule has 1 aromatic heterocycles. The molecule has 29 heavy (non-hydrogen) atoms. The summed E-state index contributed by atoms with van der Waals surface area (Å²) in [4.78, 5) is 20.0. The summed E-state index contributed by atoms with van der Waals surface area (Å²) in [6.45, 7) is 1.27. The number of carbonyl (C=O) groups is 1. The minimum atomic E-state index is -4.35. The predicted octanol–water partition coefficient (Wildman–Crippen LogP) is 4.67. The van der Waals surface area contributed by atoms with Crippen LogP contribution < -0.4 is 10.6 Å². The Morgan fingerprint density at radius 2 is 1.90 bits per heavy atom. The third-order valence-corrected chi connectivity index (χ3v) is 4.53. The van der Waals surface area contributed by atoms with Crippen molar-refractivity contribution < 1.29 is 27.1 Å². The van der Waals surface area contributed by atoms with Crippen molar-refractivity contribution in [2.75, 3.05) is 5.32 Å². The fourth-order valence-electron chi connectivity index (χ4n) is 3.02. The van der Waals surface area contributed by atoms with Crippen molar-refractivity contribution in [3.8, 4) is 0 Å². The molecule has 0 unspecified atom stereocenters. The number of carbonyl (C=O) groups excluding carboxylic acids is 1. The zero-order chi connectivity index (χ0) is 21.0. The number of para-hydroxylation sites is 1. The molecule has 2 aromatic rings. The largest absolute Gasteiger partial charge is 0.446 e. The normalized spacial score (nSPS) is 19.8. The Morgan fingerprint density at radius 3 is 2.52 bits per heavy atom. The first kappa shape index (κ1) is 20.8. The summed E-state index contributed by atoms with van der Waals surface area (Å²) < 4.78 is 55.6. The first-order valence-electron chi connectivity index (χ1n) is 9.07. The standard InChI is InChI=1S/C19H20F4N4O2/c1-11(8-19(21,22)23)26-18(28)29-14-6-12(7-14)13-9-24-17(25-10-13)27-16-5-3-2-4-15(16)20/h2-5,9-12,14H,6-8H2,1H3,(H,26,28)(H,24,25,27)/t11-,12?,14?/m0/s1. The number of hydrogen-bond acceptors (Lipinski definition) is 5. The number of ether oxygens (including phenoxy) is 1. The SMILES string of the molecule is C[C@@H](CC(F)(F)F)NC(=O)OC1CC(c2cnc(Nc3ccccc3F)nc2)C1. The van der Waals surface area contributed by atoms with Gasteiger partial charge in [0.25, 0.3) is 0 Å². The van der Waals surface area contributed by atoms with Crippen LogP contribution in [0.2, 0.25) is 0 Å². The van der Waals surface area contributed by atoms with Gasteiger partial charge >= 0.3 is 12.3 Å². The van der Waals surface area contributed by atoms with Crippen LogP contribution in [0.25, 0.3) is 0 Å². The molecule has 0 radical (unpaired) electrons. The van der Waals surface area contributed by atoms with Gasteiger partial charge in [0.15, 0.2) is 0 Å². The number of amides is 1. The molecule has 1 saturated carbocycles. The van der Waals surface area contributed by atoms with Crippen LogP contribution in [0, 0.1) is 5.82 Å². The number of anilines is 2. The quantitative estimate of drug-likeness (QED) is 0.675. The van der Waals surface area contributed by atoms with Gasteiger partial charge in [0.2, 0.25) is 5.95 Å². The van der Waals surface area contributed by atoms with Crippen molar-refractivity contribution in [2.24, 2.45) is 0 Å². The van der Waals surface area contributed by atoms with E-state index in [1.807, 2.05) is 0 Å². The molecule has 0 saturated heterocycles. The Balaban J connectivity index is 1.44. The van der Waals surface area contributed by atoms with Gasteiger partial charge < -0.3 is 15.4 Å². The smallest absolute Gasteiger partial charge is 0.407 e. The highest BCUT2D eigenvalue weighted by Gasteiger charge is 2.35. The van der Waals surface area contributed by atoms with Crippen molar-refractivity contribution in [3.63, 3.8) is 0 Å². The lowest BCUT2D eigenvalue weighted by atomic mass is 9.78. The monoisotopic (exact) mass is 412 g/mol. The van der Waals surface area contributed by atoms with E-state index in [1.54, 1.807) is 30.6 Å². The summed E-state index contributed by atoms with van der Waals surface area (Å²) in [7, 11) is 0. The minimum Gasteiger partial charge on any atom is -0.446 e. The van der Waals surface area contributed by atoms with Gasteiger partial charge in [0.05, 0.1) is 12.1 Å². The first-order chi connectivity index (χ1) is 13.7. The van der Waals surface area contributed by atoms with Gasteiger partial charge in [-0.15, -0.1) is 0 Å². The molecule has 1 amide bonds. The van der Waals surface area contributed by atoms with Crippen LogP contribution in [0.4, 0.5) is 34.0 Å². The average molecular weight is 412 g/mol. The summed E-state index contributed by atoms with van der Waals surface area (Å²) in [5.41, 5.74) is 1.11. The molecule has 10 heteroatoms. The molecule has 0 spiro atoms. The summed E-state index contributed by atoms with van der Waals surface area (Å²) in [5.74, 6) is -0.0751. The van der Waals surface area contributed by atoms with E-state index in [4.69, 9.17) is 4.74 Å². The second-order valence-corrected chi connectivity index (χ2v) is 7.01. The molecule has 1 aliphatic carbocycles. The third kappa shape index (κ3) is 6.03. The van der Waals surface area contributed by atoms with Crippen molar-refractivity contribution in [1.29, 1.82) is 0 Å². The molecule has 0 aliphatic heterocycles. The second-order valence-electron chi connectivity index (χ2n) is 7.01. The summed E-state index contributed by atoms with van der Waals surface area (Å²) >= 11 is 0. The Morgan fingerprint density at radius 1 is 1.24 bits per heavy atom. The zero-order valence-electron chi connectivity index (χ0n) is 15.5. The van der Waals surface area contributed by atoms with Gasteiger partial charge in [-0.1, -0.05) is 12.1 Å². The van der Waals surface area contributed by atoms with Crippen LogP contribution in [-0.2, 0) is 4.74 Å². The van der Waals surface area contributed by atoms with E-state index in [9.17, 15) is 22.4 Å². The fraction of sp³-hybridized carbons (Fsp3) is 0.421. The number of alkyl halides is 3. The minimum absolute atomic E-state index is 0.0860. The van der Waals surface area contributed by atoms with Gasteiger partial charge in [-0.2, -0.15) is 13.2 Å². The maximum absolute atomic E-state index is 13.6. The molecular formula is C19H20F4N4O2. The summed E-state index contributed by atoms with van der Waals surface area (Å²) in [6, 6.07) is 5.11. The summed E-state index contributed by atoms with van der Waals surface area (Å²) in [5, 5.41) is 4.97. The number of rotatable bonds is 6. The van der Waals surface area contributed by atoms with Crippen molar-refractivity contribution >= 4 is 17.7 Å². The van der Waals surface area contributed by atoms with Crippen LogP contribution >= 0.6 is 0 Å². The number of aromatic nitrogens is 2. The fourth-order valence-corrected chi connectivity index (χ4v) is 3.02. The van der Waals surface area contributed by atoms with Crippen LogP contribution in [0.3, 0.4) is 0 Å². The lowest BCUT2D eigenvalue weighted by molar-refractivity contribution is -0.138. The highest BCUT2D eigenvalue weighted by molar-refractivity contribution is 5.67. The molecule has 1 atom stereocenters. The molecular weight excluding hydrogens is 392 g/mol. The van der Waals surface area contributed by atoms with Crippen LogP contribution in [0.5, 0.6) is 0 Å². The maximum Gasteiger partial charge on any atom is 0.407 e. The molecule has 1 aliphatic rings. The van der Waals surface area contributed by atoms with Gasteiger partial charge in [-0.25, -0.2) is 19.2 Å². The number of benzene rings is 1. The Hall–Kier alpha value is -2.91. The van der Waals surface area contributed by atoms with Gasteiger partial charge in [-0.3, -0.25) is 0 Å². The predicted molar refractivity (Wildman–Crippen MR) is 97.2 cm³/mol. The molecule has 0 bridgehead atoms. The molecule has 6 nitrogen and oxygen atoms in total. The van der Waals surface area contributed by atoms with Crippen LogP contribution in [0.1, 0.15) is 37.7 Å². The molecule has 3 rings (SSSR count). The summed E-state index contributed by atoms with van der Waals surface area (Å²) in [6.07, 6.45) is -2.39. The van der Waals surface area contributed by atoms with Crippen LogP contribution in [0.15, 0.2) is 36.7 Å². The molecule has 1 fully saturated rings. The Labute approximate surface area is 164 Å². The number of nitrogens with one attached hydrogen (secondary N) is 2. The highest BCUT2D eigenvalue weighted by atomic mass is 19.4. The van der Waals surface area contributed by atoms with Gasteiger partial charge in [0.1, 0.15) is 11.9 Å². The van der Waals surface area contributed by atoms with E-state index in [0.717, 1.165) is 5.56 Å². The molecule has 1 aromatic carbocycles. The van der Waals surface area contributed by atoms with Crippen molar-refractivity contribution in [2.45, 2.75) is 50.4 Å². The zero-order valence-corrected chi connectivity index (χ0v) is 15.5. The molecule has 1 heterocycles. The van der Waals surface area contributed by atoms with Gasteiger partial charge in [-0.05, 0) is 43.4 Å². The van der Waals surface area contributed by atoms with Gasteiger partial charge in [0, 0.05) is 18.4 Å². The molecule has 156 valence electrons. The van der Waals surface area contributed by atoms with E-state index in [1.165, 1.54) is 13.0 Å². The topological polar surface area (TPSA) is 76.1 Å². The molecule has 2 N–H and O–H groups in total. The van der Waals surface area contributed by atoms with Crippen molar-refractivity contribution in [3.05, 3.63) is 48.0 Å². The first-order valence-corrected chi connectivity index (χ1v) is 9.07. The Kier molecular flexibility index (Phi) is 6.19. The van der Waals surface area contributed by atoms with E-state index in [-0.39, 0.29) is 23.7 Å². The lowest BCUT2D eigenvalue weighted by Crippen LogP contribution is -2.40. The second kappa shape index (κ2) is 8.62. The maximum atomic E-state index is 13.6. The van der Waals surface area contributed by atoms with E-state index in [0.29, 0.717) is 12.8 Å². The van der Waals surface area contributed by atoms with E-state index >= 15 is 0 Å². The lowest BCUT2D eigenvalue weighted by Gasteiger charge is -2.34. The van der Waals surface area contributed by atoms with Crippen LogP contribution in [-0.4, -0.2) is 34.4 Å². The average Bonchev–Trinajstić information content (AvgIpc) is 2.59. The van der Waals surface area contributed by atoms with Crippen molar-refractivity contribution in [1.82, 2.24) is 15.3 Å². The number of halogens is 4. The number of hydrogen-bond donors (Lipinski definition) is 2. The van der Waals surface area contributed by atoms with E-state index in [2.05, 4.69) is 20.6 Å². The Bertz CT molecular complexity index is 839. The number of alkyl carbamates (subject to hydrolysis) is 1. The van der Waals surface area contributed by atoms with E-state index < -0.39 is 30.5 Å².